The highest BCUT2D eigenvalue weighted by Crippen LogP contribution is 2.24. The minimum absolute atomic E-state index is 0.0119. The van der Waals surface area contributed by atoms with Crippen LogP contribution in [0.15, 0.2) is 30.3 Å². The molecule has 26 heavy (non-hydrogen) atoms. The van der Waals surface area contributed by atoms with Crippen LogP contribution in [0.3, 0.4) is 0 Å². The number of halogens is 4. The van der Waals surface area contributed by atoms with Crippen molar-refractivity contribution in [2.75, 3.05) is 17.7 Å². The predicted octanol–water partition coefficient (Wildman–Crippen LogP) is 3.12. The van der Waals surface area contributed by atoms with Crippen molar-refractivity contribution < 1.29 is 32.3 Å². The lowest BCUT2D eigenvalue weighted by molar-refractivity contribution is -0.133. The van der Waals surface area contributed by atoms with Gasteiger partial charge in [0.1, 0.15) is 0 Å². The lowest BCUT2D eigenvalue weighted by atomic mass is 10.2. The number of hydrogen-bond acceptors (Lipinski definition) is 4. The van der Waals surface area contributed by atoms with Crippen molar-refractivity contribution in [1.29, 1.82) is 0 Å². The molecule has 0 saturated heterocycles. The van der Waals surface area contributed by atoms with Crippen LogP contribution < -0.4 is 10.6 Å². The summed E-state index contributed by atoms with van der Waals surface area (Å²) >= 11 is 5.87. The van der Waals surface area contributed by atoms with E-state index in [1.807, 2.05) is 0 Å². The number of carbonyl (C=O) groups is 3. The zero-order valence-electron chi connectivity index (χ0n) is 13.0. The molecule has 0 spiro atoms. The largest absolute Gasteiger partial charge is 0.465 e. The molecule has 0 heterocycles. The van der Waals surface area contributed by atoms with Gasteiger partial charge < -0.3 is 15.4 Å². The summed E-state index contributed by atoms with van der Waals surface area (Å²) < 4.78 is 44.0. The van der Waals surface area contributed by atoms with Gasteiger partial charge in [-0.25, -0.2) is 18.0 Å². The van der Waals surface area contributed by atoms with Crippen molar-refractivity contribution in [2.45, 2.75) is 0 Å². The Labute approximate surface area is 149 Å². The average molecular weight is 387 g/mol. The van der Waals surface area contributed by atoms with Gasteiger partial charge in [0.15, 0.2) is 17.5 Å². The SMILES string of the molecule is COC(=O)c1ccc(Cl)c(NC(=O)C(=O)Nc2ccc(F)c(F)c2F)c1. The van der Waals surface area contributed by atoms with E-state index < -0.39 is 40.9 Å². The van der Waals surface area contributed by atoms with Gasteiger partial charge in [0, 0.05) is 0 Å². The van der Waals surface area contributed by atoms with E-state index in [1.54, 1.807) is 5.32 Å². The molecule has 0 atom stereocenters. The molecule has 0 radical (unpaired) electrons. The smallest absolute Gasteiger partial charge is 0.337 e. The quantitative estimate of drug-likeness (QED) is 0.482. The third-order valence-corrected chi connectivity index (χ3v) is 3.45. The van der Waals surface area contributed by atoms with Crippen molar-refractivity contribution in [3.8, 4) is 0 Å². The van der Waals surface area contributed by atoms with E-state index in [2.05, 4.69) is 10.1 Å². The van der Waals surface area contributed by atoms with E-state index in [9.17, 15) is 27.6 Å². The van der Waals surface area contributed by atoms with Gasteiger partial charge >= 0.3 is 17.8 Å². The second kappa shape index (κ2) is 7.87. The van der Waals surface area contributed by atoms with Crippen LogP contribution in [0, 0.1) is 17.5 Å². The first-order valence-corrected chi connectivity index (χ1v) is 7.26. The molecule has 0 aromatic heterocycles. The molecule has 2 N–H and O–H groups in total. The van der Waals surface area contributed by atoms with Crippen LogP contribution in [0.25, 0.3) is 0 Å². The molecule has 136 valence electrons. The summed E-state index contributed by atoms with van der Waals surface area (Å²) in [5.41, 5.74) is -0.752. The van der Waals surface area contributed by atoms with Gasteiger partial charge in [0.25, 0.3) is 0 Å². The number of methoxy groups -OCH3 is 1. The topological polar surface area (TPSA) is 84.5 Å². The van der Waals surface area contributed by atoms with Crippen LogP contribution in [0.4, 0.5) is 24.5 Å². The molecule has 2 rings (SSSR count). The molecule has 0 fully saturated rings. The fourth-order valence-electron chi connectivity index (χ4n) is 1.85. The highest BCUT2D eigenvalue weighted by Gasteiger charge is 2.20. The van der Waals surface area contributed by atoms with Crippen LogP contribution in [0.1, 0.15) is 10.4 Å². The first kappa shape index (κ1) is 19.3. The van der Waals surface area contributed by atoms with Crippen LogP contribution in [0.5, 0.6) is 0 Å². The first-order chi connectivity index (χ1) is 12.2. The van der Waals surface area contributed by atoms with Crippen molar-refractivity contribution in [3.05, 3.63) is 58.4 Å². The number of ether oxygens (including phenoxy) is 1. The minimum atomic E-state index is -1.79. The molecule has 2 aromatic rings. The highest BCUT2D eigenvalue weighted by molar-refractivity contribution is 6.44. The van der Waals surface area contributed by atoms with Gasteiger partial charge in [-0.2, -0.15) is 0 Å². The zero-order chi connectivity index (χ0) is 19.4. The highest BCUT2D eigenvalue weighted by atomic mass is 35.5. The predicted molar refractivity (Wildman–Crippen MR) is 86.4 cm³/mol. The second-order valence-corrected chi connectivity index (χ2v) is 5.22. The molecule has 0 aliphatic rings. The van der Waals surface area contributed by atoms with E-state index in [0.717, 1.165) is 19.2 Å². The normalized spacial score (nSPS) is 10.2. The second-order valence-electron chi connectivity index (χ2n) is 4.82. The third-order valence-electron chi connectivity index (χ3n) is 3.13. The standard InChI is InChI=1S/C16H10ClF3N2O4/c1-26-16(25)7-2-3-8(17)11(6-7)22-15(24)14(23)21-10-5-4-9(18)12(19)13(10)20/h2-6H,1H3,(H,21,23)(H,22,24). The summed E-state index contributed by atoms with van der Waals surface area (Å²) in [7, 11) is 1.15. The van der Waals surface area contributed by atoms with Crippen LogP contribution >= 0.6 is 11.6 Å². The maximum atomic E-state index is 13.5. The van der Waals surface area contributed by atoms with E-state index in [4.69, 9.17) is 11.6 Å². The van der Waals surface area contributed by atoms with Gasteiger partial charge in [-0.1, -0.05) is 11.6 Å². The number of esters is 1. The summed E-state index contributed by atoms with van der Waals surface area (Å²) in [6.07, 6.45) is 0. The number of rotatable bonds is 3. The monoisotopic (exact) mass is 386 g/mol. The van der Waals surface area contributed by atoms with Gasteiger partial charge in [0.2, 0.25) is 0 Å². The zero-order valence-corrected chi connectivity index (χ0v) is 13.8. The molecule has 0 bridgehead atoms. The number of amides is 2. The van der Waals surface area contributed by atoms with Crippen molar-refractivity contribution >= 4 is 40.8 Å². The maximum Gasteiger partial charge on any atom is 0.337 e. The Kier molecular flexibility index (Phi) is 5.83. The number of hydrogen-bond donors (Lipinski definition) is 2. The van der Waals surface area contributed by atoms with E-state index >= 15 is 0 Å². The molecule has 6 nitrogen and oxygen atoms in total. The molecular weight excluding hydrogens is 377 g/mol. The lowest BCUT2D eigenvalue weighted by Gasteiger charge is -2.10. The summed E-state index contributed by atoms with van der Waals surface area (Å²) in [5.74, 6) is -8.25. The number of carbonyl (C=O) groups excluding carboxylic acids is 3. The van der Waals surface area contributed by atoms with Crippen LogP contribution in [-0.4, -0.2) is 24.9 Å². The van der Waals surface area contributed by atoms with Gasteiger partial charge in [-0.3, -0.25) is 9.59 Å². The Morgan fingerprint density at radius 3 is 2.15 bits per heavy atom. The Bertz CT molecular complexity index is 905. The molecule has 10 heteroatoms. The van der Waals surface area contributed by atoms with Gasteiger partial charge in [-0.15, -0.1) is 0 Å². The fourth-order valence-corrected chi connectivity index (χ4v) is 2.01. The fraction of sp³-hybridized carbons (Fsp3) is 0.0625. The molecule has 0 saturated carbocycles. The Balaban J connectivity index is 2.16. The number of benzene rings is 2. The van der Waals surface area contributed by atoms with Crippen molar-refractivity contribution in [3.63, 3.8) is 0 Å². The summed E-state index contributed by atoms with van der Waals surface area (Å²) in [6.45, 7) is 0. The van der Waals surface area contributed by atoms with Crippen LogP contribution in [0.2, 0.25) is 5.02 Å². The Hall–Kier alpha value is -3.07. The molecule has 2 amide bonds. The summed E-state index contributed by atoms with van der Waals surface area (Å²) in [5, 5.41) is 3.92. The van der Waals surface area contributed by atoms with E-state index in [1.165, 1.54) is 12.1 Å². The van der Waals surface area contributed by atoms with Crippen molar-refractivity contribution in [2.24, 2.45) is 0 Å². The molecular formula is C16H10ClF3N2O4. The van der Waals surface area contributed by atoms with Crippen LogP contribution in [-0.2, 0) is 14.3 Å². The maximum absolute atomic E-state index is 13.5. The minimum Gasteiger partial charge on any atom is -0.465 e. The number of nitrogens with one attached hydrogen (secondary N) is 2. The van der Waals surface area contributed by atoms with Gasteiger partial charge in [0.05, 0.1) is 29.1 Å². The molecule has 0 aliphatic carbocycles. The lowest BCUT2D eigenvalue weighted by Crippen LogP contribution is -2.29. The van der Waals surface area contributed by atoms with Crippen molar-refractivity contribution in [1.82, 2.24) is 0 Å². The summed E-state index contributed by atoms with van der Waals surface area (Å²) in [4.78, 5) is 35.2. The number of anilines is 2. The molecule has 2 aromatic carbocycles. The molecule has 0 unspecified atom stereocenters. The molecule has 0 aliphatic heterocycles. The average Bonchev–Trinajstić information content (AvgIpc) is 2.63. The third kappa shape index (κ3) is 4.12. The Morgan fingerprint density at radius 1 is 0.923 bits per heavy atom. The Morgan fingerprint density at radius 2 is 1.54 bits per heavy atom. The first-order valence-electron chi connectivity index (χ1n) is 6.88. The van der Waals surface area contributed by atoms with E-state index in [-0.39, 0.29) is 16.3 Å². The summed E-state index contributed by atoms with van der Waals surface area (Å²) in [6, 6.07) is 5.13. The van der Waals surface area contributed by atoms with Gasteiger partial charge in [-0.05, 0) is 30.3 Å². The van der Waals surface area contributed by atoms with E-state index in [0.29, 0.717) is 6.07 Å².